The molecule has 1 fully saturated rings. The van der Waals surface area contributed by atoms with E-state index in [1.54, 1.807) is 12.0 Å². The number of nitrogens with zero attached hydrogens (tertiary/aromatic N) is 1. The Morgan fingerprint density at radius 2 is 1.95 bits per heavy atom. The monoisotopic (exact) mass is 285 g/mol. The van der Waals surface area contributed by atoms with Crippen LogP contribution in [0.25, 0.3) is 0 Å². The number of carbonyl (C=O) groups is 2. The predicted octanol–water partition coefficient (Wildman–Crippen LogP) is -0.0128. The number of carbonyl (C=O) groups excluding carboxylic acids is 2. The number of piperidine rings is 1. The highest BCUT2D eigenvalue weighted by Crippen LogP contribution is 2.31. The van der Waals surface area contributed by atoms with Crippen LogP contribution in [0, 0.1) is 5.41 Å². The zero-order valence-corrected chi connectivity index (χ0v) is 12.8. The zero-order chi connectivity index (χ0) is 15.0. The van der Waals surface area contributed by atoms with Crippen molar-refractivity contribution in [1.82, 2.24) is 15.5 Å². The van der Waals surface area contributed by atoms with Gasteiger partial charge in [-0.05, 0) is 39.8 Å². The van der Waals surface area contributed by atoms with E-state index in [1.165, 1.54) is 0 Å². The van der Waals surface area contributed by atoms with Crippen LogP contribution < -0.4 is 10.6 Å². The number of ether oxygens (including phenoxy) is 1. The maximum absolute atomic E-state index is 12.8. The van der Waals surface area contributed by atoms with Gasteiger partial charge in [-0.2, -0.15) is 0 Å². The van der Waals surface area contributed by atoms with Gasteiger partial charge in [-0.15, -0.1) is 0 Å². The minimum absolute atomic E-state index is 0.0367. The minimum atomic E-state index is -0.484. The molecule has 6 heteroatoms. The lowest BCUT2D eigenvalue weighted by atomic mass is 9.78. The molecule has 0 saturated carbocycles. The van der Waals surface area contributed by atoms with Gasteiger partial charge in [0.2, 0.25) is 11.8 Å². The third-order valence-corrected chi connectivity index (χ3v) is 3.81. The Kier molecular flexibility index (Phi) is 6.95. The fourth-order valence-electron chi connectivity index (χ4n) is 2.69. The molecule has 2 amide bonds. The molecule has 0 atom stereocenters. The summed E-state index contributed by atoms with van der Waals surface area (Å²) in [6.07, 6.45) is 1.51. The molecule has 0 unspecified atom stereocenters. The van der Waals surface area contributed by atoms with E-state index in [2.05, 4.69) is 10.6 Å². The van der Waals surface area contributed by atoms with Crippen molar-refractivity contribution in [2.45, 2.75) is 26.7 Å². The van der Waals surface area contributed by atoms with Gasteiger partial charge in [-0.1, -0.05) is 0 Å². The van der Waals surface area contributed by atoms with Gasteiger partial charge in [0.05, 0.1) is 18.6 Å². The number of hydrogen-bond acceptors (Lipinski definition) is 4. The normalized spacial score (nSPS) is 17.6. The number of amides is 2. The summed E-state index contributed by atoms with van der Waals surface area (Å²) < 4.78 is 5.28. The van der Waals surface area contributed by atoms with Crippen molar-refractivity contribution in [3.05, 3.63) is 0 Å². The first-order valence-electron chi connectivity index (χ1n) is 7.35. The van der Waals surface area contributed by atoms with Gasteiger partial charge < -0.3 is 20.3 Å². The topological polar surface area (TPSA) is 70.7 Å². The molecule has 1 rings (SSSR count). The van der Waals surface area contributed by atoms with Gasteiger partial charge >= 0.3 is 0 Å². The second kappa shape index (κ2) is 8.21. The van der Waals surface area contributed by atoms with Crippen molar-refractivity contribution in [3.8, 4) is 0 Å². The molecule has 2 N–H and O–H groups in total. The van der Waals surface area contributed by atoms with Crippen LogP contribution in [0.4, 0.5) is 0 Å². The SMILES string of the molecule is CCNC(=O)CN(CC)C(=O)C1(COC)CCNCC1. The molecule has 1 heterocycles. The van der Waals surface area contributed by atoms with E-state index in [4.69, 9.17) is 4.74 Å². The Balaban J connectivity index is 2.77. The quantitative estimate of drug-likeness (QED) is 0.690. The van der Waals surface area contributed by atoms with Gasteiger partial charge in [0.1, 0.15) is 0 Å². The summed E-state index contributed by atoms with van der Waals surface area (Å²) in [7, 11) is 1.62. The highest BCUT2D eigenvalue weighted by atomic mass is 16.5. The largest absolute Gasteiger partial charge is 0.384 e. The van der Waals surface area contributed by atoms with Crippen LogP contribution in [0.5, 0.6) is 0 Å². The molecule has 0 aromatic carbocycles. The summed E-state index contributed by atoms with van der Waals surface area (Å²) >= 11 is 0. The number of likely N-dealkylation sites (N-methyl/N-ethyl adjacent to an activating group) is 2. The average molecular weight is 285 g/mol. The van der Waals surface area contributed by atoms with E-state index in [9.17, 15) is 9.59 Å². The van der Waals surface area contributed by atoms with Crippen LogP contribution in [0.2, 0.25) is 0 Å². The molecule has 0 aromatic heterocycles. The predicted molar refractivity (Wildman–Crippen MR) is 77.4 cm³/mol. The number of hydrogen-bond donors (Lipinski definition) is 2. The van der Waals surface area contributed by atoms with E-state index in [-0.39, 0.29) is 18.4 Å². The van der Waals surface area contributed by atoms with Crippen molar-refractivity contribution >= 4 is 11.8 Å². The molecule has 1 aliphatic rings. The molecule has 0 bridgehead atoms. The molecule has 0 aromatic rings. The Bertz CT molecular complexity index is 322. The van der Waals surface area contributed by atoms with Gasteiger partial charge in [-0.3, -0.25) is 9.59 Å². The molecular formula is C14H27N3O3. The number of rotatable bonds is 7. The van der Waals surface area contributed by atoms with Crippen molar-refractivity contribution < 1.29 is 14.3 Å². The van der Waals surface area contributed by atoms with Gasteiger partial charge in [-0.25, -0.2) is 0 Å². The van der Waals surface area contributed by atoms with Gasteiger partial charge in [0, 0.05) is 20.2 Å². The summed E-state index contributed by atoms with van der Waals surface area (Å²) in [6, 6.07) is 0. The van der Waals surface area contributed by atoms with Crippen LogP contribution in [0.3, 0.4) is 0 Å². The Morgan fingerprint density at radius 1 is 1.30 bits per heavy atom. The summed E-state index contributed by atoms with van der Waals surface area (Å²) in [4.78, 5) is 26.2. The molecule has 0 spiro atoms. The van der Waals surface area contributed by atoms with Crippen molar-refractivity contribution in [1.29, 1.82) is 0 Å². The second-order valence-electron chi connectivity index (χ2n) is 5.24. The van der Waals surface area contributed by atoms with E-state index in [0.29, 0.717) is 19.7 Å². The second-order valence-corrected chi connectivity index (χ2v) is 5.24. The zero-order valence-electron chi connectivity index (χ0n) is 12.8. The minimum Gasteiger partial charge on any atom is -0.384 e. The van der Waals surface area contributed by atoms with Gasteiger partial charge in [0.15, 0.2) is 0 Å². The highest BCUT2D eigenvalue weighted by Gasteiger charge is 2.42. The highest BCUT2D eigenvalue weighted by molar-refractivity contribution is 5.88. The first kappa shape index (κ1) is 16.9. The summed E-state index contributed by atoms with van der Waals surface area (Å²) in [5.41, 5.74) is -0.484. The van der Waals surface area contributed by atoms with Crippen LogP contribution in [0.1, 0.15) is 26.7 Å². The first-order valence-corrected chi connectivity index (χ1v) is 7.35. The third-order valence-electron chi connectivity index (χ3n) is 3.81. The Labute approximate surface area is 121 Å². The fourth-order valence-corrected chi connectivity index (χ4v) is 2.69. The third kappa shape index (κ3) is 4.18. The van der Waals surface area contributed by atoms with Crippen LogP contribution in [0.15, 0.2) is 0 Å². The first-order chi connectivity index (χ1) is 9.59. The smallest absolute Gasteiger partial charge is 0.239 e. The standard InChI is InChI=1S/C14H27N3O3/c1-4-16-12(18)10-17(5-2)13(19)14(11-20-3)6-8-15-9-7-14/h15H,4-11H2,1-3H3,(H,16,18). The fraction of sp³-hybridized carbons (Fsp3) is 0.857. The van der Waals surface area contributed by atoms with Crippen molar-refractivity contribution in [2.75, 3.05) is 46.4 Å². The summed E-state index contributed by atoms with van der Waals surface area (Å²) in [5.74, 6) is -0.0706. The van der Waals surface area contributed by atoms with Crippen LogP contribution in [-0.4, -0.2) is 63.2 Å². The van der Waals surface area contributed by atoms with Crippen molar-refractivity contribution in [2.24, 2.45) is 5.41 Å². The Morgan fingerprint density at radius 3 is 2.45 bits per heavy atom. The number of nitrogens with one attached hydrogen (secondary N) is 2. The van der Waals surface area contributed by atoms with E-state index >= 15 is 0 Å². The van der Waals surface area contributed by atoms with Gasteiger partial charge in [0.25, 0.3) is 0 Å². The molecule has 1 aliphatic heterocycles. The lowest BCUT2D eigenvalue weighted by molar-refractivity contribution is -0.149. The maximum atomic E-state index is 12.8. The molecule has 20 heavy (non-hydrogen) atoms. The molecule has 0 radical (unpaired) electrons. The van der Waals surface area contributed by atoms with E-state index < -0.39 is 5.41 Å². The summed E-state index contributed by atoms with van der Waals surface area (Å²) in [6.45, 7) is 7.06. The molecule has 6 nitrogen and oxygen atoms in total. The van der Waals surface area contributed by atoms with E-state index in [1.807, 2.05) is 13.8 Å². The van der Waals surface area contributed by atoms with E-state index in [0.717, 1.165) is 25.9 Å². The average Bonchev–Trinajstić information content (AvgIpc) is 2.45. The lowest BCUT2D eigenvalue weighted by Gasteiger charge is -2.39. The van der Waals surface area contributed by atoms with Crippen molar-refractivity contribution in [3.63, 3.8) is 0 Å². The molecule has 116 valence electrons. The summed E-state index contributed by atoms with van der Waals surface area (Å²) in [5, 5.41) is 6.00. The van der Waals surface area contributed by atoms with Crippen LogP contribution in [-0.2, 0) is 14.3 Å². The number of methoxy groups -OCH3 is 1. The molecule has 0 aliphatic carbocycles. The maximum Gasteiger partial charge on any atom is 0.239 e. The molecular weight excluding hydrogens is 258 g/mol. The van der Waals surface area contributed by atoms with Crippen LogP contribution >= 0.6 is 0 Å². The Hall–Kier alpha value is -1.14. The lowest BCUT2D eigenvalue weighted by Crippen LogP contribution is -2.53. The molecule has 1 saturated heterocycles.